The molecular formula is C19H24N4O3. The van der Waals surface area contributed by atoms with Gasteiger partial charge in [0.25, 0.3) is 0 Å². The number of carbonyl (C=O) groups is 1. The number of carbonyl (C=O) groups excluding carboxylic acids is 1. The van der Waals surface area contributed by atoms with Gasteiger partial charge in [-0.2, -0.15) is 4.98 Å². The highest BCUT2D eigenvalue weighted by Gasteiger charge is 2.35. The first-order chi connectivity index (χ1) is 12.8. The van der Waals surface area contributed by atoms with Crippen molar-refractivity contribution in [3.8, 4) is 17.1 Å². The molecule has 0 spiro atoms. The molecule has 1 aliphatic heterocycles. The molecule has 0 radical (unpaired) electrons. The fourth-order valence-corrected chi connectivity index (χ4v) is 3.90. The largest absolute Gasteiger partial charge is 0.496 e. The van der Waals surface area contributed by atoms with Crippen LogP contribution in [0.25, 0.3) is 11.4 Å². The number of ether oxygens (including phenoxy) is 1. The van der Waals surface area contributed by atoms with Crippen LogP contribution in [0.2, 0.25) is 0 Å². The number of urea groups is 1. The van der Waals surface area contributed by atoms with Crippen LogP contribution in [-0.4, -0.2) is 40.8 Å². The van der Waals surface area contributed by atoms with Crippen molar-refractivity contribution >= 4 is 6.03 Å². The summed E-state index contributed by atoms with van der Waals surface area (Å²) in [5, 5.41) is 7.27. The number of para-hydroxylation sites is 1. The minimum atomic E-state index is -0.160. The summed E-state index contributed by atoms with van der Waals surface area (Å²) in [7, 11) is 1.62. The Balaban J connectivity index is 1.51. The highest BCUT2D eigenvalue weighted by Crippen LogP contribution is 2.34. The van der Waals surface area contributed by atoms with E-state index in [0.29, 0.717) is 23.5 Å². The molecule has 1 atom stereocenters. The monoisotopic (exact) mass is 356 g/mol. The number of aromatic nitrogens is 2. The van der Waals surface area contributed by atoms with Crippen LogP contribution in [0, 0.1) is 0 Å². The van der Waals surface area contributed by atoms with E-state index in [-0.39, 0.29) is 12.1 Å². The molecule has 1 aromatic heterocycles. The van der Waals surface area contributed by atoms with Crippen molar-refractivity contribution in [1.82, 2.24) is 20.4 Å². The van der Waals surface area contributed by atoms with Crippen LogP contribution in [0.1, 0.15) is 50.5 Å². The molecule has 7 nitrogen and oxygen atoms in total. The highest BCUT2D eigenvalue weighted by molar-refractivity contribution is 5.75. The molecular weight excluding hydrogens is 332 g/mol. The number of nitrogens with one attached hydrogen (secondary N) is 1. The summed E-state index contributed by atoms with van der Waals surface area (Å²) >= 11 is 0. The lowest BCUT2D eigenvalue weighted by atomic mass is 10.2. The van der Waals surface area contributed by atoms with Crippen molar-refractivity contribution in [2.75, 3.05) is 13.7 Å². The maximum Gasteiger partial charge on any atom is 0.318 e. The number of likely N-dealkylation sites (tertiary alicyclic amines) is 1. The number of methoxy groups -OCH3 is 1. The van der Waals surface area contributed by atoms with Crippen LogP contribution in [0.5, 0.6) is 5.75 Å². The van der Waals surface area contributed by atoms with Gasteiger partial charge in [0, 0.05) is 12.6 Å². The van der Waals surface area contributed by atoms with Gasteiger partial charge < -0.3 is 19.5 Å². The molecule has 4 rings (SSSR count). The lowest BCUT2D eigenvalue weighted by molar-refractivity contribution is 0.177. The van der Waals surface area contributed by atoms with E-state index in [1.54, 1.807) is 7.11 Å². The van der Waals surface area contributed by atoms with E-state index >= 15 is 0 Å². The summed E-state index contributed by atoms with van der Waals surface area (Å²) in [4.78, 5) is 19.1. The third-order valence-electron chi connectivity index (χ3n) is 5.27. The molecule has 2 aliphatic rings. The molecule has 138 valence electrons. The predicted molar refractivity (Wildman–Crippen MR) is 95.8 cm³/mol. The first-order valence-electron chi connectivity index (χ1n) is 9.30. The zero-order valence-corrected chi connectivity index (χ0v) is 15.0. The first-order valence-corrected chi connectivity index (χ1v) is 9.30. The third-order valence-corrected chi connectivity index (χ3v) is 5.27. The van der Waals surface area contributed by atoms with Crippen molar-refractivity contribution in [3.05, 3.63) is 30.2 Å². The van der Waals surface area contributed by atoms with Crippen LogP contribution in [0.15, 0.2) is 28.8 Å². The van der Waals surface area contributed by atoms with Gasteiger partial charge in [-0.3, -0.25) is 0 Å². The van der Waals surface area contributed by atoms with E-state index < -0.39 is 0 Å². The predicted octanol–water partition coefficient (Wildman–Crippen LogP) is 3.53. The number of hydrogen-bond donors (Lipinski definition) is 1. The van der Waals surface area contributed by atoms with Gasteiger partial charge in [0.1, 0.15) is 11.8 Å². The molecule has 7 heteroatoms. The van der Waals surface area contributed by atoms with E-state index in [9.17, 15) is 4.79 Å². The standard InChI is InChI=1S/C19H24N4O3/c1-25-16-11-5-4-9-14(16)17-21-18(26-22-17)15-10-6-12-23(15)19(24)20-13-7-2-3-8-13/h4-5,9,11,13,15H,2-3,6-8,10,12H2,1H3,(H,20,24)/t15-/m1/s1. The Morgan fingerprint density at radius 2 is 2.04 bits per heavy atom. The summed E-state index contributed by atoms with van der Waals surface area (Å²) in [6.07, 6.45) is 6.31. The second-order valence-electron chi connectivity index (χ2n) is 6.94. The van der Waals surface area contributed by atoms with Crippen molar-refractivity contribution in [2.45, 2.75) is 50.6 Å². The Morgan fingerprint density at radius 1 is 1.23 bits per heavy atom. The topological polar surface area (TPSA) is 80.5 Å². The van der Waals surface area contributed by atoms with Gasteiger partial charge in [-0.15, -0.1) is 0 Å². The number of amides is 2. The van der Waals surface area contributed by atoms with E-state index in [1.165, 1.54) is 12.8 Å². The lowest BCUT2D eigenvalue weighted by Gasteiger charge is -2.24. The molecule has 0 unspecified atom stereocenters. The zero-order valence-electron chi connectivity index (χ0n) is 15.0. The third kappa shape index (κ3) is 3.25. The van der Waals surface area contributed by atoms with Crippen LogP contribution in [0.4, 0.5) is 4.79 Å². The van der Waals surface area contributed by atoms with Gasteiger partial charge in [-0.25, -0.2) is 4.79 Å². The second-order valence-corrected chi connectivity index (χ2v) is 6.94. The SMILES string of the molecule is COc1ccccc1-c1noc([C@H]2CCCN2C(=O)NC2CCCC2)n1. The quantitative estimate of drug-likeness (QED) is 0.906. The van der Waals surface area contributed by atoms with Crippen molar-refractivity contribution in [2.24, 2.45) is 0 Å². The normalized spacial score (nSPS) is 20.5. The van der Waals surface area contributed by atoms with E-state index in [2.05, 4.69) is 15.5 Å². The highest BCUT2D eigenvalue weighted by atomic mass is 16.5. The molecule has 2 fully saturated rings. The maximum absolute atomic E-state index is 12.7. The Morgan fingerprint density at radius 3 is 2.85 bits per heavy atom. The van der Waals surface area contributed by atoms with Crippen LogP contribution in [-0.2, 0) is 0 Å². The fraction of sp³-hybridized carbons (Fsp3) is 0.526. The Kier molecular flexibility index (Phi) is 4.77. The molecule has 1 saturated carbocycles. The van der Waals surface area contributed by atoms with E-state index in [0.717, 1.165) is 37.8 Å². The fourth-order valence-electron chi connectivity index (χ4n) is 3.90. The number of rotatable bonds is 4. The van der Waals surface area contributed by atoms with Gasteiger partial charge in [0.15, 0.2) is 0 Å². The van der Waals surface area contributed by atoms with Crippen LogP contribution < -0.4 is 10.1 Å². The minimum Gasteiger partial charge on any atom is -0.496 e. The van der Waals surface area contributed by atoms with Crippen molar-refractivity contribution < 1.29 is 14.1 Å². The van der Waals surface area contributed by atoms with Gasteiger partial charge in [0.2, 0.25) is 11.7 Å². The summed E-state index contributed by atoms with van der Waals surface area (Å²) in [6, 6.07) is 7.69. The maximum atomic E-state index is 12.7. The molecule has 0 bridgehead atoms. The van der Waals surface area contributed by atoms with Gasteiger partial charge >= 0.3 is 6.03 Å². The molecule has 26 heavy (non-hydrogen) atoms. The Bertz CT molecular complexity index is 770. The van der Waals surface area contributed by atoms with Crippen LogP contribution >= 0.6 is 0 Å². The zero-order chi connectivity index (χ0) is 17.9. The average molecular weight is 356 g/mol. The summed E-state index contributed by atoms with van der Waals surface area (Å²) in [5.74, 6) is 1.67. The number of benzene rings is 1. The molecule has 1 aliphatic carbocycles. The van der Waals surface area contributed by atoms with Gasteiger partial charge in [-0.05, 0) is 37.8 Å². The molecule has 2 aromatic rings. The molecule has 2 amide bonds. The van der Waals surface area contributed by atoms with E-state index in [1.807, 2.05) is 29.2 Å². The summed E-state index contributed by atoms with van der Waals surface area (Å²) < 4.78 is 10.9. The van der Waals surface area contributed by atoms with Crippen molar-refractivity contribution in [3.63, 3.8) is 0 Å². The molecule has 2 heterocycles. The molecule has 1 N–H and O–H groups in total. The number of hydrogen-bond acceptors (Lipinski definition) is 5. The molecule has 1 saturated heterocycles. The van der Waals surface area contributed by atoms with Gasteiger partial charge in [0.05, 0.1) is 12.7 Å². The average Bonchev–Trinajstić information content (AvgIpc) is 3.41. The summed E-state index contributed by atoms with van der Waals surface area (Å²) in [5.41, 5.74) is 0.782. The Labute approximate surface area is 152 Å². The number of nitrogens with zero attached hydrogens (tertiary/aromatic N) is 3. The van der Waals surface area contributed by atoms with Crippen LogP contribution in [0.3, 0.4) is 0 Å². The first kappa shape index (κ1) is 16.9. The minimum absolute atomic E-state index is 0.0172. The van der Waals surface area contributed by atoms with E-state index in [4.69, 9.17) is 9.26 Å². The molecule has 1 aromatic carbocycles. The Hall–Kier alpha value is -2.57. The lowest BCUT2D eigenvalue weighted by Crippen LogP contribution is -2.43. The van der Waals surface area contributed by atoms with Gasteiger partial charge in [-0.1, -0.05) is 30.1 Å². The smallest absolute Gasteiger partial charge is 0.318 e. The summed E-state index contributed by atoms with van der Waals surface area (Å²) in [6.45, 7) is 0.718. The second kappa shape index (κ2) is 7.35. The van der Waals surface area contributed by atoms with Crippen molar-refractivity contribution in [1.29, 1.82) is 0 Å².